The predicted octanol–water partition coefficient (Wildman–Crippen LogP) is 5.25. The second kappa shape index (κ2) is 5.79. The number of fused-ring (bicyclic) bond motifs is 6. The molecule has 1 unspecified atom stereocenters. The van der Waals surface area contributed by atoms with Crippen LogP contribution in [0.3, 0.4) is 0 Å². The van der Waals surface area contributed by atoms with Crippen LogP contribution >= 0.6 is 0 Å². The molecule has 1 aliphatic carbocycles. The summed E-state index contributed by atoms with van der Waals surface area (Å²) in [5.41, 5.74) is 1.26. The fraction of sp³-hybridized carbons (Fsp3) is 0.320. The van der Waals surface area contributed by atoms with E-state index in [0.717, 1.165) is 24.5 Å². The van der Waals surface area contributed by atoms with Crippen LogP contribution in [0.15, 0.2) is 43.5 Å². The van der Waals surface area contributed by atoms with Crippen molar-refractivity contribution in [2.24, 2.45) is 5.41 Å². The number of allylic oxidation sites excluding steroid dienone is 1. The number of phenolic OH excluding ortho intramolecular Hbond substituents is 2. The van der Waals surface area contributed by atoms with Gasteiger partial charge in [-0.15, -0.1) is 0 Å². The van der Waals surface area contributed by atoms with Crippen LogP contribution in [0.4, 0.5) is 0 Å². The molecule has 3 N–H and O–H groups in total. The molecular formula is C25H22O7. The van der Waals surface area contributed by atoms with Crippen molar-refractivity contribution < 1.29 is 28.9 Å². The van der Waals surface area contributed by atoms with Crippen molar-refractivity contribution in [1.29, 1.82) is 0 Å². The average Bonchev–Trinajstić information content (AvgIpc) is 3.26. The second-order valence-corrected chi connectivity index (χ2v) is 9.52. The van der Waals surface area contributed by atoms with E-state index in [9.17, 15) is 20.1 Å². The summed E-state index contributed by atoms with van der Waals surface area (Å²) in [6.07, 6.45) is 4.52. The van der Waals surface area contributed by atoms with E-state index in [-0.39, 0.29) is 61.6 Å². The standard InChI is InChI=1S/C25H22O7/c1-11-5-4-6-24(2,3)25(11)10-13-18-17(9-15(28)21(13)32-25)31-23-20(29)19-14(27)7-12(26)8-16(19)30-22(18)23/h5,7-9,26-27,29H,4,6,10H2,1-3H3. The minimum absolute atomic E-state index is 0.0215. The molecule has 7 nitrogen and oxygen atoms in total. The maximum atomic E-state index is 13.0. The van der Waals surface area contributed by atoms with Crippen LogP contribution in [0.1, 0.15) is 39.2 Å². The van der Waals surface area contributed by atoms with E-state index < -0.39 is 5.60 Å². The summed E-state index contributed by atoms with van der Waals surface area (Å²) >= 11 is 0. The molecule has 4 aromatic rings. The van der Waals surface area contributed by atoms with Crippen LogP contribution in [-0.2, 0) is 6.42 Å². The fourth-order valence-corrected chi connectivity index (χ4v) is 5.54. The van der Waals surface area contributed by atoms with Gasteiger partial charge in [-0.3, -0.25) is 4.79 Å². The van der Waals surface area contributed by atoms with Crippen LogP contribution in [0.5, 0.6) is 23.0 Å². The molecule has 2 aliphatic rings. The number of furan rings is 1. The molecule has 0 saturated carbocycles. The summed E-state index contributed by atoms with van der Waals surface area (Å²) in [7, 11) is 0. The Hall–Kier alpha value is -3.61. The summed E-state index contributed by atoms with van der Waals surface area (Å²) < 4.78 is 18.3. The number of phenols is 2. The fourth-order valence-electron chi connectivity index (χ4n) is 5.54. The third-order valence-electron chi connectivity index (χ3n) is 7.34. The lowest BCUT2D eigenvalue weighted by Gasteiger charge is -2.46. The zero-order valence-electron chi connectivity index (χ0n) is 17.9. The Labute approximate surface area is 182 Å². The predicted molar refractivity (Wildman–Crippen MR) is 119 cm³/mol. The molecule has 0 radical (unpaired) electrons. The zero-order chi connectivity index (χ0) is 22.6. The van der Waals surface area contributed by atoms with Crippen LogP contribution in [-0.4, -0.2) is 20.9 Å². The average molecular weight is 434 g/mol. The number of hydrogen-bond acceptors (Lipinski definition) is 7. The van der Waals surface area contributed by atoms with Gasteiger partial charge in [0.05, 0.1) is 5.39 Å². The van der Waals surface area contributed by atoms with Crippen LogP contribution < -0.4 is 10.2 Å². The largest absolute Gasteiger partial charge is 0.508 e. The van der Waals surface area contributed by atoms with Crippen molar-refractivity contribution in [2.45, 2.75) is 45.6 Å². The van der Waals surface area contributed by atoms with E-state index in [0.29, 0.717) is 17.4 Å². The highest BCUT2D eigenvalue weighted by atomic mass is 16.5. The molecule has 2 aromatic carbocycles. The first-order valence-electron chi connectivity index (χ1n) is 10.6. The van der Waals surface area contributed by atoms with Gasteiger partial charge in [0.2, 0.25) is 11.0 Å². The van der Waals surface area contributed by atoms with Gasteiger partial charge in [-0.2, -0.15) is 0 Å². The van der Waals surface area contributed by atoms with E-state index in [4.69, 9.17) is 13.6 Å². The molecule has 1 aliphatic heterocycles. The molecule has 0 fully saturated rings. The number of rotatable bonds is 0. The molecule has 7 heteroatoms. The van der Waals surface area contributed by atoms with E-state index in [1.165, 1.54) is 12.1 Å². The Morgan fingerprint density at radius 3 is 2.44 bits per heavy atom. The van der Waals surface area contributed by atoms with Gasteiger partial charge in [0.1, 0.15) is 33.7 Å². The van der Waals surface area contributed by atoms with Crippen LogP contribution in [0.25, 0.3) is 33.1 Å². The van der Waals surface area contributed by atoms with E-state index in [1.54, 1.807) is 0 Å². The Bertz CT molecular complexity index is 1570. The summed E-state index contributed by atoms with van der Waals surface area (Å²) in [5, 5.41) is 31.5. The molecule has 6 rings (SSSR count). The SMILES string of the molecule is CC1=CCCC(C)(C)C12Cc1c(c(=O)cc3oc4c(O)c5c(O)cc(O)cc5oc4c13)O2. The van der Waals surface area contributed by atoms with E-state index in [1.807, 2.05) is 6.92 Å². The smallest absolute Gasteiger partial charge is 0.224 e. The first-order valence-corrected chi connectivity index (χ1v) is 10.6. The minimum atomic E-state index is -0.653. The summed E-state index contributed by atoms with van der Waals surface area (Å²) in [5.74, 6) is -0.593. The molecule has 0 bridgehead atoms. The van der Waals surface area contributed by atoms with Crippen LogP contribution in [0, 0.1) is 5.41 Å². The maximum absolute atomic E-state index is 13.0. The molecule has 0 amide bonds. The normalized spacial score (nSPS) is 21.9. The number of benzene rings is 2. The first-order chi connectivity index (χ1) is 15.1. The minimum Gasteiger partial charge on any atom is -0.508 e. The second-order valence-electron chi connectivity index (χ2n) is 9.52. The van der Waals surface area contributed by atoms with Gasteiger partial charge >= 0.3 is 0 Å². The Morgan fingerprint density at radius 2 is 1.69 bits per heavy atom. The monoisotopic (exact) mass is 434 g/mol. The van der Waals surface area contributed by atoms with Crippen molar-refractivity contribution >= 4 is 33.1 Å². The number of aromatic hydroxyl groups is 3. The summed E-state index contributed by atoms with van der Waals surface area (Å²) in [6, 6.07) is 3.76. The van der Waals surface area contributed by atoms with Crippen LogP contribution in [0.2, 0.25) is 0 Å². The topological polar surface area (TPSA) is 113 Å². The van der Waals surface area contributed by atoms with Gasteiger partial charge in [0.15, 0.2) is 17.1 Å². The van der Waals surface area contributed by atoms with Crippen molar-refractivity contribution in [1.82, 2.24) is 0 Å². The molecule has 2 aromatic heterocycles. The van der Waals surface area contributed by atoms with Crippen molar-refractivity contribution in [3.8, 4) is 23.0 Å². The van der Waals surface area contributed by atoms with Gasteiger partial charge in [-0.1, -0.05) is 19.9 Å². The third-order valence-corrected chi connectivity index (χ3v) is 7.34. The van der Waals surface area contributed by atoms with Gasteiger partial charge in [-0.05, 0) is 25.3 Å². The Morgan fingerprint density at radius 1 is 0.969 bits per heavy atom. The molecule has 3 heterocycles. The molecule has 164 valence electrons. The Balaban J connectivity index is 1.72. The third kappa shape index (κ3) is 2.18. The molecule has 32 heavy (non-hydrogen) atoms. The van der Waals surface area contributed by atoms with Gasteiger partial charge < -0.3 is 28.9 Å². The number of hydrogen-bond donors (Lipinski definition) is 3. The highest BCUT2D eigenvalue weighted by Gasteiger charge is 2.54. The Kier molecular flexibility index (Phi) is 3.46. The lowest BCUT2D eigenvalue weighted by molar-refractivity contribution is -0.00448. The van der Waals surface area contributed by atoms with Gasteiger partial charge in [0.25, 0.3) is 0 Å². The van der Waals surface area contributed by atoms with E-state index in [2.05, 4.69) is 19.9 Å². The van der Waals surface area contributed by atoms with Crippen molar-refractivity contribution in [3.05, 3.63) is 45.6 Å². The summed E-state index contributed by atoms with van der Waals surface area (Å²) in [4.78, 5) is 13.0. The zero-order valence-corrected chi connectivity index (χ0v) is 17.9. The molecule has 1 spiro atoms. The first kappa shape index (κ1) is 19.1. The molecule has 0 saturated heterocycles. The van der Waals surface area contributed by atoms with Gasteiger partial charge in [-0.25, -0.2) is 0 Å². The highest BCUT2D eigenvalue weighted by Crippen LogP contribution is 2.55. The van der Waals surface area contributed by atoms with E-state index >= 15 is 0 Å². The van der Waals surface area contributed by atoms with Crippen molar-refractivity contribution in [3.63, 3.8) is 0 Å². The maximum Gasteiger partial charge on any atom is 0.224 e. The highest BCUT2D eigenvalue weighted by molar-refractivity contribution is 6.11. The van der Waals surface area contributed by atoms with Gasteiger partial charge in [0, 0.05) is 35.6 Å². The molecular weight excluding hydrogens is 412 g/mol. The molecule has 1 atom stereocenters. The quantitative estimate of drug-likeness (QED) is 0.324. The lowest BCUT2D eigenvalue weighted by atomic mass is 9.63. The lowest BCUT2D eigenvalue weighted by Crippen LogP contribution is -2.51. The number of ether oxygens (including phenoxy) is 1. The summed E-state index contributed by atoms with van der Waals surface area (Å²) in [6.45, 7) is 6.34. The van der Waals surface area contributed by atoms with Crippen molar-refractivity contribution in [2.75, 3.05) is 0 Å².